The molecule has 1 aliphatic rings. The highest BCUT2D eigenvalue weighted by molar-refractivity contribution is 6.08. The van der Waals surface area contributed by atoms with E-state index in [1.165, 1.54) is 19.3 Å². The van der Waals surface area contributed by atoms with E-state index in [1.54, 1.807) is 24.5 Å². The third-order valence-electron chi connectivity index (χ3n) is 2.92. The molecule has 0 spiro atoms. The van der Waals surface area contributed by atoms with Crippen molar-refractivity contribution in [1.82, 2.24) is 4.98 Å². The lowest BCUT2D eigenvalue weighted by Gasteiger charge is -2.15. The van der Waals surface area contributed by atoms with Gasteiger partial charge in [0.1, 0.15) is 0 Å². The molecule has 0 radical (unpaired) electrons. The highest BCUT2D eigenvalue weighted by Gasteiger charge is 2.10. The first-order valence-corrected chi connectivity index (χ1v) is 5.82. The number of Topliss-reactive ketones (excluding diaryl/α,β-unsaturated/α-hetero) is 1. The molecule has 1 aromatic heterocycles. The molecule has 1 aliphatic carbocycles. The van der Waals surface area contributed by atoms with Crippen LogP contribution in [0.4, 0.5) is 0 Å². The van der Waals surface area contributed by atoms with Crippen LogP contribution < -0.4 is 0 Å². The molecular weight excluding hydrogens is 198 g/mol. The molecular formula is C14H15NO. The van der Waals surface area contributed by atoms with Gasteiger partial charge in [0.2, 0.25) is 5.78 Å². The predicted octanol–water partition coefficient (Wildman–Crippen LogP) is 2.85. The van der Waals surface area contributed by atoms with E-state index < -0.39 is 0 Å². The fraction of sp³-hybridized carbons (Fsp3) is 0.429. The summed E-state index contributed by atoms with van der Waals surface area (Å²) in [6, 6.07) is 3.51. The first-order valence-electron chi connectivity index (χ1n) is 5.82. The molecule has 0 atom stereocenters. The van der Waals surface area contributed by atoms with Crippen LogP contribution in [0.15, 0.2) is 24.5 Å². The lowest BCUT2D eigenvalue weighted by molar-refractivity contribution is 0.105. The number of nitrogens with zero attached hydrogens (tertiary/aromatic N) is 1. The molecule has 82 valence electrons. The lowest BCUT2D eigenvalue weighted by Crippen LogP contribution is -2.04. The second-order valence-electron chi connectivity index (χ2n) is 4.18. The van der Waals surface area contributed by atoms with E-state index in [9.17, 15) is 4.79 Å². The van der Waals surface area contributed by atoms with E-state index in [0.717, 1.165) is 12.8 Å². The number of ketones is 1. The summed E-state index contributed by atoms with van der Waals surface area (Å²) in [5.41, 5.74) is 0.589. The van der Waals surface area contributed by atoms with Crippen molar-refractivity contribution in [2.45, 2.75) is 32.1 Å². The highest BCUT2D eigenvalue weighted by atomic mass is 16.1. The minimum absolute atomic E-state index is 0.112. The SMILES string of the molecule is O=C(C#CC1CCCCC1)c1cccnc1. The summed E-state index contributed by atoms with van der Waals surface area (Å²) in [6.07, 6.45) is 9.33. The molecule has 0 saturated heterocycles. The van der Waals surface area contributed by atoms with Gasteiger partial charge in [-0.1, -0.05) is 25.2 Å². The van der Waals surface area contributed by atoms with Gasteiger partial charge in [-0.05, 0) is 30.9 Å². The van der Waals surface area contributed by atoms with Crippen molar-refractivity contribution in [2.24, 2.45) is 5.92 Å². The van der Waals surface area contributed by atoms with Crippen molar-refractivity contribution in [3.63, 3.8) is 0 Å². The summed E-state index contributed by atoms with van der Waals surface area (Å²) in [7, 11) is 0. The quantitative estimate of drug-likeness (QED) is 0.408. The molecule has 0 amide bonds. The molecule has 0 bridgehead atoms. The monoisotopic (exact) mass is 213 g/mol. The molecule has 0 aliphatic heterocycles. The van der Waals surface area contributed by atoms with Crippen LogP contribution >= 0.6 is 0 Å². The molecule has 16 heavy (non-hydrogen) atoms. The van der Waals surface area contributed by atoms with Gasteiger partial charge in [-0.25, -0.2) is 0 Å². The molecule has 2 heteroatoms. The first kappa shape index (κ1) is 10.9. The summed E-state index contributed by atoms with van der Waals surface area (Å²) in [4.78, 5) is 15.6. The number of rotatable bonds is 1. The average molecular weight is 213 g/mol. The van der Waals surface area contributed by atoms with E-state index in [1.807, 2.05) is 0 Å². The Morgan fingerprint density at radius 1 is 1.31 bits per heavy atom. The maximum Gasteiger partial charge on any atom is 0.237 e. The van der Waals surface area contributed by atoms with E-state index in [-0.39, 0.29) is 5.78 Å². The van der Waals surface area contributed by atoms with Crippen molar-refractivity contribution in [2.75, 3.05) is 0 Å². The smallest absolute Gasteiger partial charge is 0.237 e. The Balaban J connectivity index is 1.99. The molecule has 2 nitrogen and oxygen atoms in total. The maximum absolute atomic E-state index is 11.7. The minimum Gasteiger partial charge on any atom is -0.279 e. The largest absolute Gasteiger partial charge is 0.279 e. The second kappa shape index (κ2) is 5.46. The Labute approximate surface area is 96.1 Å². The summed E-state index contributed by atoms with van der Waals surface area (Å²) in [5, 5.41) is 0. The first-order chi connectivity index (χ1) is 7.86. The molecule has 1 saturated carbocycles. The van der Waals surface area contributed by atoms with Crippen LogP contribution in [0.25, 0.3) is 0 Å². The minimum atomic E-state index is -0.112. The van der Waals surface area contributed by atoms with Crippen LogP contribution in [0.5, 0.6) is 0 Å². The molecule has 2 rings (SSSR count). The fourth-order valence-electron chi connectivity index (χ4n) is 1.98. The lowest BCUT2D eigenvalue weighted by atomic mass is 9.90. The zero-order valence-corrected chi connectivity index (χ0v) is 9.28. The number of pyridine rings is 1. The maximum atomic E-state index is 11.7. The number of carbonyl (C=O) groups excluding carboxylic acids is 1. The zero-order valence-electron chi connectivity index (χ0n) is 9.28. The van der Waals surface area contributed by atoms with Gasteiger partial charge in [0, 0.05) is 23.9 Å². The summed E-state index contributed by atoms with van der Waals surface area (Å²) >= 11 is 0. The van der Waals surface area contributed by atoms with Crippen LogP contribution in [0.2, 0.25) is 0 Å². The van der Waals surface area contributed by atoms with E-state index in [2.05, 4.69) is 16.8 Å². The van der Waals surface area contributed by atoms with E-state index in [4.69, 9.17) is 0 Å². The Morgan fingerprint density at radius 2 is 2.12 bits per heavy atom. The van der Waals surface area contributed by atoms with Gasteiger partial charge in [-0.15, -0.1) is 0 Å². The molecule has 1 heterocycles. The Morgan fingerprint density at radius 3 is 2.81 bits per heavy atom. The molecule has 0 unspecified atom stereocenters. The average Bonchev–Trinajstić information content (AvgIpc) is 2.38. The zero-order chi connectivity index (χ0) is 11.2. The topological polar surface area (TPSA) is 30.0 Å². The molecule has 0 aromatic carbocycles. The number of hydrogen-bond donors (Lipinski definition) is 0. The predicted molar refractivity (Wildman–Crippen MR) is 62.9 cm³/mol. The van der Waals surface area contributed by atoms with Crippen LogP contribution in [0.3, 0.4) is 0 Å². The van der Waals surface area contributed by atoms with Gasteiger partial charge in [0.15, 0.2) is 0 Å². The van der Waals surface area contributed by atoms with Gasteiger partial charge in [0.05, 0.1) is 0 Å². The Bertz CT molecular complexity index is 407. The van der Waals surface area contributed by atoms with Crippen LogP contribution in [0, 0.1) is 17.8 Å². The third kappa shape index (κ3) is 2.93. The molecule has 1 fully saturated rings. The van der Waals surface area contributed by atoms with E-state index in [0.29, 0.717) is 11.5 Å². The number of aromatic nitrogens is 1. The van der Waals surface area contributed by atoms with Crippen LogP contribution in [0.1, 0.15) is 42.5 Å². The Kier molecular flexibility index (Phi) is 3.71. The van der Waals surface area contributed by atoms with Crippen molar-refractivity contribution >= 4 is 5.78 Å². The van der Waals surface area contributed by atoms with E-state index >= 15 is 0 Å². The number of carbonyl (C=O) groups is 1. The molecule has 1 aromatic rings. The van der Waals surface area contributed by atoms with Crippen LogP contribution in [-0.2, 0) is 0 Å². The highest BCUT2D eigenvalue weighted by Crippen LogP contribution is 2.22. The Hall–Kier alpha value is -1.62. The standard InChI is InChI=1S/C14H15NO/c16-14(13-7-4-10-15-11-13)9-8-12-5-2-1-3-6-12/h4,7,10-12H,1-3,5-6H2. The van der Waals surface area contributed by atoms with Gasteiger partial charge in [0.25, 0.3) is 0 Å². The molecule has 0 N–H and O–H groups in total. The van der Waals surface area contributed by atoms with Gasteiger partial charge < -0.3 is 0 Å². The fourth-order valence-corrected chi connectivity index (χ4v) is 1.98. The van der Waals surface area contributed by atoms with Gasteiger partial charge in [-0.2, -0.15) is 0 Å². The van der Waals surface area contributed by atoms with Crippen molar-refractivity contribution in [1.29, 1.82) is 0 Å². The van der Waals surface area contributed by atoms with Crippen molar-refractivity contribution in [3.05, 3.63) is 30.1 Å². The summed E-state index contributed by atoms with van der Waals surface area (Å²) in [6.45, 7) is 0. The normalized spacial score (nSPS) is 16.2. The second-order valence-corrected chi connectivity index (χ2v) is 4.18. The van der Waals surface area contributed by atoms with Crippen molar-refractivity contribution < 1.29 is 4.79 Å². The van der Waals surface area contributed by atoms with Crippen molar-refractivity contribution in [3.8, 4) is 11.8 Å². The number of hydrogen-bond acceptors (Lipinski definition) is 2. The third-order valence-corrected chi connectivity index (χ3v) is 2.92. The summed E-state index contributed by atoms with van der Waals surface area (Å²) in [5.74, 6) is 6.15. The van der Waals surface area contributed by atoms with Gasteiger partial charge in [-0.3, -0.25) is 9.78 Å². The summed E-state index contributed by atoms with van der Waals surface area (Å²) < 4.78 is 0. The van der Waals surface area contributed by atoms with Crippen LogP contribution in [-0.4, -0.2) is 10.8 Å². The van der Waals surface area contributed by atoms with Gasteiger partial charge >= 0.3 is 0 Å².